The zero-order chi connectivity index (χ0) is 22.9. The van der Waals surface area contributed by atoms with Gasteiger partial charge in [-0.15, -0.1) is 0 Å². The molecule has 6 nitrogen and oxygen atoms in total. The molecule has 0 unspecified atom stereocenters. The van der Waals surface area contributed by atoms with Gasteiger partial charge in [-0.1, -0.05) is 49.7 Å². The van der Waals surface area contributed by atoms with Crippen LogP contribution in [0.2, 0.25) is 0 Å². The molecule has 0 aliphatic rings. The molecule has 0 aliphatic heterocycles. The fourth-order valence-electron chi connectivity index (χ4n) is 3.71. The lowest BCUT2D eigenvalue weighted by atomic mass is 10.1. The first-order valence-corrected chi connectivity index (χ1v) is 10.8. The van der Waals surface area contributed by atoms with Gasteiger partial charge < -0.3 is 19.0 Å². The van der Waals surface area contributed by atoms with Crippen molar-refractivity contribution in [3.05, 3.63) is 72.1 Å². The predicted octanol–water partition coefficient (Wildman–Crippen LogP) is 5.04. The van der Waals surface area contributed by atoms with E-state index in [1.165, 1.54) is 26.2 Å². The van der Waals surface area contributed by atoms with Crippen molar-refractivity contribution in [1.29, 1.82) is 0 Å². The standard InChI is InChI=1S/C15H19NO2.C11H11NO2/c1-3-4-9-16-11-12(10-15(17)18-2)13-7-5-6-8-14(13)16;1-14-11(13)6-8-7-12-10-5-3-2-4-9(8)10/h5-8,11H,3-4,9-10H2,1-2H3;2-5,7,12H,6H2,1H3. The van der Waals surface area contributed by atoms with Gasteiger partial charge in [0.05, 0.1) is 27.1 Å². The molecule has 0 spiro atoms. The molecule has 0 atom stereocenters. The lowest BCUT2D eigenvalue weighted by Crippen LogP contribution is -2.04. The number of nitrogens with zero attached hydrogens (tertiary/aromatic N) is 1. The molecule has 0 saturated carbocycles. The number of esters is 2. The molecule has 4 aromatic rings. The molecule has 2 aromatic heterocycles. The molecule has 32 heavy (non-hydrogen) atoms. The van der Waals surface area contributed by atoms with Crippen LogP contribution < -0.4 is 0 Å². The number of para-hydroxylation sites is 2. The summed E-state index contributed by atoms with van der Waals surface area (Å²) < 4.78 is 11.6. The Kier molecular flexibility index (Phi) is 8.08. The maximum Gasteiger partial charge on any atom is 0.310 e. The number of ether oxygens (including phenoxy) is 2. The van der Waals surface area contributed by atoms with Crippen LogP contribution in [0, 0.1) is 0 Å². The Hall–Kier alpha value is -3.54. The Balaban J connectivity index is 0.000000186. The molecule has 2 aromatic carbocycles. The average Bonchev–Trinajstić information content (AvgIpc) is 3.39. The van der Waals surface area contributed by atoms with E-state index in [4.69, 9.17) is 4.74 Å². The highest BCUT2D eigenvalue weighted by Gasteiger charge is 2.11. The molecule has 0 saturated heterocycles. The van der Waals surface area contributed by atoms with Gasteiger partial charge in [0, 0.05) is 40.7 Å². The summed E-state index contributed by atoms with van der Waals surface area (Å²) in [5.74, 6) is -0.400. The van der Waals surface area contributed by atoms with Crippen LogP contribution in [0.3, 0.4) is 0 Å². The number of nitrogens with one attached hydrogen (secondary N) is 1. The van der Waals surface area contributed by atoms with Crippen LogP contribution in [0.15, 0.2) is 60.9 Å². The molecule has 4 rings (SSSR count). The monoisotopic (exact) mass is 434 g/mol. The van der Waals surface area contributed by atoms with Gasteiger partial charge >= 0.3 is 11.9 Å². The lowest BCUT2D eigenvalue weighted by Gasteiger charge is -2.02. The van der Waals surface area contributed by atoms with Gasteiger partial charge in [0.2, 0.25) is 0 Å². The van der Waals surface area contributed by atoms with E-state index < -0.39 is 0 Å². The number of carbonyl (C=O) groups excluding carboxylic acids is 2. The first-order chi connectivity index (χ1) is 15.6. The van der Waals surface area contributed by atoms with Crippen molar-refractivity contribution in [3.63, 3.8) is 0 Å². The summed E-state index contributed by atoms with van der Waals surface area (Å²) in [5.41, 5.74) is 4.28. The van der Waals surface area contributed by atoms with Crippen molar-refractivity contribution in [2.45, 2.75) is 39.2 Å². The highest BCUT2D eigenvalue weighted by molar-refractivity contribution is 5.88. The van der Waals surface area contributed by atoms with E-state index in [9.17, 15) is 9.59 Å². The fraction of sp³-hybridized carbons (Fsp3) is 0.308. The highest BCUT2D eigenvalue weighted by atomic mass is 16.5. The zero-order valence-electron chi connectivity index (χ0n) is 18.9. The number of H-pyrrole nitrogens is 1. The van der Waals surface area contributed by atoms with E-state index in [-0.39, 0.29) is 11.9 Å². The third-order valence-electron chi connectivity index (χ3n) is 5.42. The summed E-state index contributed by atoms with van der Waals surface area (Å²) >= 11 is 0. The van der Waals surface area contributed by atoms with Crippen LogP contribution in [0.1, 0.15) is 30.9 Å². The molecule has 0 bridgehead atoms. The van der Waals surface area contributed by atoms with Crippen LogP contribution in [-0.4, -0.2) is 35.7 Å². The highest BCUT2D eigenvalue weighted by Crippen LogP contribution is 2.22. The Morgan fingerprint density at radius 3 is 2.19 bits per heavy atom. The molecular weight excluding hydrogens is 404 g/mol. The first kappa shape index (κ1) is 23.1. The summed E-state index contributed by atoms with van der Waals surface area (Å²) in [6, 6.07) is 16.1. The second-order valence-electron chi connectivity index (χ2n) is 7.58. The van der Waals surface area contributed by atoms with Crippen molar-refractivity contribution in [2.24, 2.45) is 0 Å². The van der Waals surface area contributed by atoms with E-state index in [2.05, 4.69) is 39.5 Å². The minimum atomic E-state index is -0.213. The number of unbranched alkanes of at least 4 members (excludes halogenated alkanes) is 1. The number of benzene rings is 2. The Labute approximate surface area is 188 Å². The summed E-state index contributed by atoms with van der Waals surface area (Å²) in [7, 11) is 2.83. The van der Waals surface area contributed by atoms with E-state index in [0.29, 0.717) is 12.8 Å². The predicted molar refractivity (Wildman–Crippen MR) is 127 cm³/mol. The minimum absolute atomic E-state index is 0.187. The smallest absolute Gasteiger partial charge is 0.310 e. The van der Waals surface area contributed by atoms with Crippen molar-refractivity contribution < 1.29 is 19.1 Å². The second kappa shape index (κ2) is 11.2. The topological polar surface area (TPSA) is 73.3 Å². The van der Waals surface area contributed by atoms with Crippen LogP contribution in [0.4, 0.5) is 0 Å². The number of hydrogen-bond acceptors (Lipinski definition) is 4. The molecular formula is C26H30N2O4. The third kappa shape index (κ3) is 5.58. The van der Waals surface area contributed by atoms with Gasteiger partial charge in [0.1, 0.15) is 0 Å². The van der Waals surface area contributed by atoms with E-state index in [0.717, 1.165) is 40.4 Å². The maximum absolute atomic E-state index is 11.4. The quantitative estimate of drug-likeness (QED) is 0.414. The van der Waals surface area contributed by atoms with Crippen LogP contribution in [0.5, 0.6) is 0 Å². The zero-order valence-corrected chi connectivity index (χ0v) is 18.9. The number of hydrogen-bond donors (Lipinski definition) is 1. The number of aromatic nitrogens is 2. The summed E-state index contributed by atoms with van der Waals surface area (Å²) in [6.45, 7) is 3.18. The Morgan fingerprint density at radius 1 is 0.875 bits per heavy atom. The van der Waals surface area contributed by atoms with Crippen molar-refractivity contribution in [2.75, 3.05) is 14.2 Å². The van der Waals surface area contributed by atoms with E-state index >= 15 is 0 Å². The van der Waals surface area contributed by atoms with Crippen molar-refractivity contribution in [3.8, 4) is 0 Å². The normalized spacial score (nSPS) is 10.6. The van der Waals surface area contributed by atoms with Crippen molar-refractivity contribution in [1.82, 2.24) is 9.55 Å². The van der Waals surface area contributed by atoms with Gasteiger partial charge in [-0.25, -0.2) is 0 Å². The van der Waals surface area contributed by atoms with Gasteiger partial charge in [-0.3, -0.25) is 9.59 Å². The van der Waals surface area contributed by atoms with Gasteiger partial charge in [0.25, 0.3) is 0 Å². The largest absolute Gasteiger partial charge is 0.469 e. The Morgan fingerprint density at radius 2 is 1.50 bits per heavy atom. The molecule has 0 fully saturated rings. The van der Waals surface area contributed by atoms with Crippen LogP contribution in [0.25, 0.3) is 21.8 Å². The molecule has 2 heterocycles. The molecule has 168 valence electrons. The SMILES string of the molecule is CCCCn1cc(CC(=O)OC)c2ccccc21.COC(=O)Cc1c[nH]c2ccccc12. The number of carbonyl (C=O) groups is 2. The molecule has 0 amide bonds. The van der Waals surface area contributed by atoms with Gasteiger partial charge in [0.15, 0.2) is 0 Å². The molecule has 6 heteroatoms. The molecule has 1 N–H and O–H groups in total. The van der Waals surface area contributed by atoms with Gasteiger partial charge in [-0.05, 0) is 29.7 Å². The number of aryl methyl sites for hydroxylation is 1. The summed E-state index contributed by atoms with van der Waals surface area (Å²) in [4.78, 5) is 25.6. The third-order valence-corrected chi connectivity index (χ3v) is 5.42. The maximum atomic E-state index is 11.4. The van der Waals surface area contributed by atoms with E-state index in [1.54, 1.807) is 0 Å². The van der Waals surface area contributed by atoms with Crippen LogP contribution >= 0.6 is 0 Å². The number of methoxy groups -OCH3 is 2. The fourth-order valence-corrected chi connectivity index (χ4v) is 3.71. The average molecular weight is 435 g/mol. The van der Waals surface area contributed by atoms with Gasteiger partial charge in [-0.2, -0.15) is 0 Å². The lowest BCUT2D eigenvalue weighted by molar-refractivity contribution is -0.140. The minimum Gasteiger partial charge on any atom is -0.469 e. The van der Waals surface area contributed by atoms with E-state index in [1.807, 2.05) is 42.6 Å². The summed E-state index contributed by atoms with van der Waals surface area (Å²) in [5, 5.41) is 2.23. The number of aromatic amines is 1. The van der Waals surface area contributed by atoms with Crippen LogP contribution in [-0.2, 0) is 38.4 Å². The number of rotatable bonds is 7. The van der Waals surface area contributed by atoms with Crippen molar-refractivity contribution >= 4 is 33.7 Å². The first-order valence-electron chi connectivity index (χ1n) is 10.8. The number of fused-ring (bicyclic) bond motifs is 2. The molecule has 0 aliphatic carbocycles. The summed E-state index contributed by atoms with van der Waals surface area (Å²) in [6.07, 6.45) is 6.91. The Bertz CT molecular complexity index is 1190. The molecule has 0 radical (unpaired) electrons. The second-order valence-corrected chi connectivity index (χ2v) is 7.58.